The Bertz CT molecular complexity index is 232. The second kappa shape index (κ2) is 6.29. The predicted octanol–water partition coefficient (Wildman–Crippen LogP) is 1.47. The third-order valence-corrected chi connectivity index (χ3v) is 1.87. The molecule has 0 aromatic rings. The number of carbonyl (C=O) groups excluding carboxylic acids is 3. The van der Waals surface area contributed by atoms with Crippen LogP contribution >= 0.6 is 0 Å². The first-order valence-electron chi connectivity index (χ1n) is 4.71. The molecule has 0 fully saturated rings. The molecule has 0 aliphatic heterocycles. The zero-order valence-electron chi connectivity index (χ0n) is 8.83. The molecule has 1 atom stereocenters. The summed E-state index contributed by atoms with van der Waals surface area (Å²) >= 11 is 0. The van der Waals surface area contributed by atoms with Gasteiger partial charge in [-0.05, 0) is 13.3 Å². The largest absolute Gasteiger partial charge is 0.393 e. The van der Waals surface area contributed by atoms with Gasteiger partial charge in [-0.25, -0.2) is 0 Å². The van der Waals surface area contributed by atoms with Crippen LogP contribution in [0.25, 0.3) is 0 Å². The second-order valence-electron chi connectivity index (χ2n) is 3.22. The molecule has 0 spiro atoms. The zero-order valence-corrected chi connectivity index (χ0v) is 8.83. The van der Waals surface area contributed by atoms with Gasteiger partial charge in [0.05, 0.1) is 0 Å². The smallest absolute Gasteiger partial charge is 0.324 e. The fourth-order valence-corrected chi connectivity index (χ4v) is 1.11. The van der Waals surface area contributed by atoms with Gasteiger partial charge in [0.25, 0.3) is 0 Å². The summed E-state index contributed by atoms with van der Waals surface area (Å²) < 4.78 is 4.37. The van der Waals surface area contributed by atoms with Gasteiger partial charge in [-0.3, -0.25) is 14.4 Å². The van der Waals surface area contributed by atoms with Crippen LogP contribution in [0.3, 0.4) is 0 Å². The lowest BCUT2D eigenvalue weighted by molar-refractivity contribution is -0.162. The van der Waals surface area contributed by atoms with Gasteiger partial charge in [-0.1, -0.05) is 19.8 Å². The molecule has 80 valence electrons. The predicted molar refractivity (Wildman–Crippen MR) is 50.5 cm³/mol. The molecular weight excluding hydrogens is 184 g/mol. The topological polar surface area (TPSA) is 60.4 Å². The molecule has 0 aliphatic rings. The number of ether oxygens (including phenoxy) is 1. The standard InChI is InChI=1S/C10H16O4/c1-4-5-6-9(7(2)11)10(13)14-8(3)12/h9H,4-6H2,1-3H3. The average molecular weight is 200 g/mol. The van der Waals surface area contributed by atoms with Crippen molar-refractivity contribution >= 4 is 17.7 Å². The maximum atomic E-state index is 11.2. The molecule has 0 rings (SSSR count). The molecular formula is C10H16O4. The van der Waals surface area contributed by atoms with E-state index in [-0.39, 0.29) is 5.78 Å². The summed E-state index contributed by atoms with van der Waals surface area (Å²) in [6.07, 6.45) is 2.13. The van der Waals surface area contributed by atoms with Crippen LogP contribution < -0.4 is 0 Å². The Labute approximate surface area is 83.6 Å². The lowest BCUT2D eigenvalue weighted by atomic mass is 9.98. The molecule has 14 heavy (non-hydrogen) atoms. The van der Waals surface area contributed by atoms with Gasteiger partial charge in [0.2, 0.25) is 0 Å². The highest BCUT2D eigenvalue weighted by molar-refractivity contribution is 6.00. The normalized spacial score (nSPS) is 11.9. The average Bonchev–Trinajstić information content (AvgIpc) is 2.02. The van der Waals surface area contributed by atoms with E-state index in [0.717, 1.165) is 19.8 Å². The van der Waals surface area contributed by atoms with Gasteiger partial charge in [-0.15, -0.1) is 0 Å². The van der Waals surface area contributed by atoms with E-state index < -0.39 is 17.9 Å². The summed E-state index contributed by atoms with van der Waals surface area (Å²) in [7, 11) is 0. The molecule has 0 aromatic carbocycles. The van der Waals surface area contributed by atoms with Crippen molar-refractivity contribution in [3.05, 3.63) is 0 Å². The van der Waals surface area contributed by atoms with Crippen LogP contribution in [-0.2, 0) is 19.1 Å². The molecule has 0 aromatic heterocycles. The second-order valence-corrected chi connectivity index (χ2v) is 3.22. The Morgan fingerprint density at radius 1 is 1.21 bits per heavy atom. The molecule has 0 radical (unpaired) electrons. The van der Waals surface area contributed by atoms with E-state index in [2.05, 4.69) is 4.74 Å². The minimum atomic E-state index is -0.779. The van der Waals surface area contributed by atoms with Gasteiger partial charge in [-0.2, -0.15) is 0 Å². The monoisotopic (exact) mass is 200 g/mol. The highest BCUT2D eigenvalue weighted by Gasteiger charge is 2.25. The summed E-state index contributed by atoms with van der Waals surface area (Å²) in [4.78, 5) is 32.8. The third kappa shape index (κ3) is 4.74. The Kier molecular flexibility index (Phi) is 5.76. The molecule has 0 aliphatic carbocycles. The van der Waals surface area contributed by atoms with Crippen molar-refractivity contribution in [2.75, 3.05) is 0 Å². The fraction of sp³-hybridized carbons (Fsp3) is 0.700. The van der Waals surface area contributed by atoms with E-state index in [1.807, 2.05) is 6.92 Å². The molecule has 0 N–H and O–H groups in total. The maximum absolute atomic E-state index is 11.2. The van der Waals surface area contributed by atoms with Crippen LogP contribution in [0.1, 0.15) is 40.0 Å². The van der Waals surface area contributed by atoms with Gasteiger partial charge < -0.3 is 4.74 Å². The molecule has 0 heterocycles. The first-order chi connectivity index (χ1) is 6.49. The van der Waals surface area contributed by atoms with Crippen LogP contribution in [-0.4, -0.2) is 17.7 Å². The van der Waals surface area contributed by atoms with Crippen molar-refractivity contribution < 1.29 is 19.1 Å². The highest BCUT2D eigenvalue weighted by Crippen LogP contribution is 2.11. The molecule has 4 nitrogen and oxygen atoms in total. The van der Waals surface area contributed by atoms with Crippen molar-refractivity contribution in [2.45, 2.75) is 40.0 Å². The quantitative estimate of drug-likeness (QED) is 0.498. The number of ketones is 1. The Hall–Kier alpha value is -1.19. The van der Waals surface area contributed by atoms with Crippen molar-refractivity contribution in [1.82, 2.24) is 0 Å². The maximum Gasteiger partial charge on any atom is 0.324 e. The summed E-state index contributed by atoms with van der Waals surface area (Å²) in [5, 5.41) is 0. The third-order valence-electron chi connectivity index (χ3n) is 1.87. The molecule has 4 heteroatoms. The first-order valence-corrected chi connectivity index (χ1v) is 4.71. The van der Waals surface area contributed by atoms with Crippen LogP contribution in [0.2, 0.25) is 0 Å². The van der Waals surface area contributed by atoms with E-state index in [9.17, 15) is 14.4 Å². The van der Waals surface area contributed by atoms with Crippen LogP contribution in [0.15, 0.2) is 0 Å². The molecule has 1 unspecified atom stereocenters. The van der Waals surface area contributed by atoms with Crippen molar-refractivity contribution in [1.29, 1.82) is 0 Å². The summed E-state index contributed by atoms with van der Waals surface area (Å²) in [5.41, 5.74) is 0. The Morgan fingerprint density at radius 3 is 2.14 bits per heavy atom. The highest BCUT2D eigenvalue weighted by atomic mass is 16.6. The Balaban J connectivity index is 4.26. The van der Waals surface area contributed by atoms with E-state index in [1.54, 1.807) is 0 Å². The van der Waals surface area contributed by atoms with Crippen LogP contribution in [0.4, 0.5) is 0 Å². The van der Waals surface area contributed by atoms with Crippen molar-refractivity contribution in [3.8, 4) is 0 Å². The van der Waals surface area contributed by atoms with E-state index >= 15 is 0 Å². The van der Waals surface area contributed by atoms with Gasteiger partial charge >= 0.3 is 11.9 Å². The molecule has 0 saturated heterocycles. The minimum absolute atomic E-state index is 0.246. The van der Waals surface area contributed by atoms with Crippen molar-refractivity contribution in [3.63, 3.8) is 0 Å². The van der Waals surface area contributed by atoms with Gasteiger partial charge in [0.15, 0.2) is 0 Å². The van der Waals surface area contributed by atoms with Gasteiger partial charge in [0, 0.05) is 6.92 Å². The number of rotatable bonds is 5. The number of hydrogen-bond donors (Lipinski definition) is 0. The van der Waals surface area contributed by atoms with Gasteiger partial charge in [0.1, 0.15) is 11.7 Å². The lowest BCUT2D eigenvalue weighted by Gasteiger charge is -2.10. The van der Waals surface area contributed by atoms with E-state index in [1.165, 1.54) is 6.92 Å². The number of carbonyl (C=O) groups is 3. The van der Waals surface area contributed by atoms with E-state index in [0.29, 0.717) is 6.42 Å². The summed E-state index contributed by atoms with van der Waals surface area (Å²) in [5.74, 6) is -2.42. The fourth-order valence-electron chi connectivity index (χ4n) is 1.11. The molecule has 0 saturated carbocycles. The molecule has 0 bridgehead atoms. The minimum Gasteiger partial charge on any atom is -0.393 e. The number of hydrogen-bond acceptors (Lipinski definition) is 4. The SMILES string of the molecule is CCCCC(C(C)=O)C(=O)OC(C)=O. The number of unbranched alkanes of at least 4 members (excludes halogenated alkanes) is 1. The van der Waals surface area contributed by atoms with Crippen molar-refractivity contribution in [2.24, 2.45) is 5.92 Å². The van der Waals surface area contributed by atoms with Crippen LogP contribution in [0.5, 0.6) is 0 Å². The number of Topliss-reactive ketones (excluding diaryl/α,β-unsaturated/α-hetero) is 1. The van der Waals surface area contributed by atoms with Crippen LogP contribution in [0, 0.1) is 5.92 Å². The summed E-state index contributed by atoms with van der Waals surface area (Å²) in [6.45, 7) is 4.45. The summed E-state index contributed by atoms with van der Waals surface area (Å²) in [6, 6.07) is 0. The molecule has 0 amide bonds. The zero-order chi connectivity index (χ0) is 11.1. The Morgan fingerprint density at radius 2 is 1.79 bits per heavy atom. The first kappa shape index (κ1) is 12.8. The lowest BCUT2D eigenvalue weighted by Crippen LogP contribution is -2.25. The van der Waals surface area contributed by atoms with E-state index in [4.69, 9.17) is 0 Å². The number of esters is 2.